The average molecular weight is 574 g/mol. The molecule has 2 amide bonds. The topological polar surface area (TPSA) is 86.8 Å². The van der Waals surface area contributed by atoms with Gasteiger partial charge in [-0.05, 0) is 75.2 Å². The monoisotopic (exact) mass is 573 g/mol. The van der Waals surface area contributed by atoms with Crippen LogP contribution in [0.15, 0.2) is 77.7 Å². The highest BCUT2D eigenvalue weighted by molar-refractivity contribution is 7.92. The average Bonchev–Trinajstić information content (AvgIpc) is 2.88. The van der Waals surface area contributed by atoms with Crippen molar-refractivity contribution in [3.8, 4) is 0 Å². The van der Waals surface area contributed by atoms with Crippen molar-refractivity contribution in [1.82, 2.24) is 10.2 Å². The van der Waals surface area contributed by atoms with Crippen LogP contribution in [0.5, 0.6) is 0 Å². The van der Waals surface area contributed by atoms with Crippen LogP contribution in [0.2, 0.25) is 5.02 Å². The number of rotatable bonds is 11. The Hall–Kier alpha value is -3.43. The minimum absolute atomic E-state index is 0.000855. The molecule has 0 spiro atoms. The minimum atomic E-state index is -4.27. The third-order valence-corrected chi connectivity index (χ3v) is 8.27. The van der Waals surface area contributed by atoms with Gasteiger partial charge in [0.2, 0.25) is 11.8 Å². The first-order valence-electron chi connectivity index (χ1n) is 12.6. The summed E-state index contributed by atoms with van der Waals surface area (Å²) < 4.78 is 42.1. The lowest BCUT2D eigenvalue weighted by Gasteiger charge is -2.33. The van der Waals surface area contributed by atoms with Crippen LogP contribution in [0.4, 0.5) is 10.1 Å². The van der Waals surface area contributed by atoms with Gasteiger partial charge in [0.25, 0.3) is 10.0 Å². The number of sulfonamides is 1. The van der Waals surface area contributed by atoms with Gasteiger partial charge in [0.1, 0.15) is 18.4 Å². The van der Waals surface area contributed by atoms with Crippen molar-refractivity contribution in [3.63, 3.8) is 0 Å². The number of aryl methyl sites for hydroxylation is 1. The number of hydrogen-bond acceptors (Lipinski definition) is 4. The van der Waals surface area contributed by atoms with E-state index in [1.165, 1.54) is 4.90 Å². The summed E-state index contributed by atoms with van der Waals surface area (Å²) in [5.74, 6) is -1.53. The zero-order valence-corrected chi connectivity index (χ0v) is 24.0. The van der Waals surface area contributed by atoms with Crippen LogP contribution in [0.1, 0.15) is 38.3 Å². The van der Waals surface area contributed by atoms with Gasteiger partial charge in [-0.15, -0.1) is 0 Å². The summed E-state index contributed by atoms with van der Waals surface area (Å²) in [6, 6.07) is 17.0. The summed E-state index contributed by atoms with van der Waals surface area (Å²) in [6.45, 7) is 6.70. The molecule has 0 aromatic heterocycles. The molecule has 0 radical (unpaired) electrons. The van der Waals surface area contributed by atoms with Crippen LogP contribution in [0.3, 0.4) is 0 Å². The molecule has 3 aromatic carbocycles. The predicted octanol–water partition coefficient (Wildman–Crippen LogP) is 5.31. The van der Waals surface area contributed by atoms with Crippen molar-refractivity contribution in [2.24, 2.45) is 0 Å². The van der Waals surface area contributed by atoms with Crippen LogP contribution in [0, 0.1) is 12.7 Å². The first-order valence-corrected chi connectivity index (χ1v) is 14.4. The van der Waals surface area contributed by atoms with Gasteiger partial charge in [0, 0.05) is 17.6 Å². The van der Waals surface area contributed by atoms with E-state index in [0.717, 1.165) is 34.1 Å². The summed E-state index contributed by atoms with van der Waals surface area (Å²) in [7, 11) is -4.27. The van der Waals surface area contributed by atoms with E-state index in [0.29, 0.717) is 17.0 Å². The molecule has 7 nitrogen and oxygen atoms in total. The Bertz CT molecular complexity index is 1400. The second-order valence-electron chi connectivity index (χ2n) is 9.50. The molecule has 208 valence electrons. The summed E-state index contributed by atoms with van der Waals surface area (Å²) >= 11 is 6.39. The Morgan fingerprint density at radius 1 is 0.974 bits per heavy atom. The van der Waals surface area contributed by atoms with Gasteiger partial charge in [0.05, 0.1) is 10.6 Å². The van der Waals surface area contributed by atoms with Crippen molar-refractivity contribution in [1.29, 1.82) is 0 Å². The molecule has 1 atom stereocenters. The van der Waals surface area contributed by atoms with Crippen molar-refractivity contribution >= 4 is 39.1 Å². The van der Waals surface area contributed by atoms with Crippen LogP contribution in [-0.2, 0) is 26.2 Å². The van der Waals surface area contributed by atoms with E-state index in [-0.39, 0.29) is 29.1 Å². The van der Waals surface area contributed by atoms with E-state index >= 15 is 0 Å². The number of benzene rings is 3. The van der Waals surface area contributed by atoms with E-state index < -0.39 is 34.3 Å². The molecule has 3 aromatic rings. The summed E-state index contributed by atoms with van der Waals surface area (Å²) in [5.41, 5.74) is 1.78. The summed E-state index contributed by atoms with van der Waals surface area (Å²) in [4.78, 5) is 28.3. The molecule has 0 saturated heterocycles. The fourth-order valence-electron chi connectivity index (χ4n) is 4.08. The molecular formula is C29H33ClFN3O4S. The number of hydrogen-bond donors (Lipinski definition) is 1. The van der Waals surface area contributed by atoms with Crippen molar-refractivity contribution < 1.29 is 22.4 Å². The summed E-state index contributed by atoms with van der Waals surface area (Å²) in [5, 5.41) is 3.27. The van der Waals surface area contributed by atoms with Gasteiger partial charge < -0.3 is 10.2 Å². The fraction of sp³-hybridized carbons (Fsp3) is 0.310. The van der Waals surface area contributed by atoms with Crippen molar-refractivity contribution in [2.75, 3.05) is 10.8 Å². The minimum Gasteiger partial charge on any atom is -0.352 e. The second-order valence-corrected chi connectivity index (χ2v) is 11.8. The molecule has 39 heavy (non-hydrogen) atoms. The number of nitrogens with one attached hydrogen (secondary N) is 1. The molecule has 3 rings (SSSR count). The van der Waals surface area contributed by atoms with Crippen molar-refractivity contribution in [3.05, 3.63) is 94.8 Å². The number of nitrogens with zero attached hydrogens (tertiary/aromatic N) is 2. The van der Waals surface area contributed by atoms with E-state index in [1.807, 2.05) is 20.8 Å². The first kappa shape index (κ1) is 30.1. The third-order valence-electron chi connectivity index (χ3n) is 6.12. The molecule has 0 saturated carbocycles. The van der Waals surface area contributed by atoms with Crippen LogP contribution >= 0.6 is 11.6 Å². The van der Waals surface area contributed by atoms with Gasteiger partial charge in [0.15, 0.2) is 0 Å². The predicted molar refractivity (Wildman–Crippen MR) is 151 cm³/mol. The Balaban J connectivity index is 2.07. The zero-order valence-electron chi connectivity index (χ0n) is 22.4. The molecule has 10 heteroatoms. The maximum Gasteiger partial charge on any atom is 0.264 e. The maximum atomic E-state index is 14.0. The van der Waals surface area contributed by atoms with Gasteiger partial charge >= 0.3 is 0 Å². The number of halogens is 2. The Kier molecular flexibility index (Phi) is 10.1. The molecule has 0 fully saturated rings. The fourth-order valence-corrected chi connectivity index (χ4v) is 5.69. The largest absolute Gasteiger partial charge is 0.352 e. The second kappa shape index (κ2) is 13.1. The molecule has 0 aliphatic heterocycles. The Labute approximate surface area is 234 Å². The first-order chi connectivity index (χ1) is 18.4. The van der Waals surface area contributed by atoms with Crippen LogP contribution in [-0.4, -0.2) is 43.8 Å². The highest BCUT2D eigenvalue weighted by atomic mass is 35.5. The Morgan fingerprint density at radius 3 is 2.15 bits per heavy atom. The molecule has 0 heterocycles. The van der Waals surface area contributed by atoms with Crippen molar-refractivity contribution in [2.45, 2.75) is 57.6 Å². The highest BCUT2D eigenvalue weighted by Gasteiger charge is 2.34. The number of carbonyl (C=O) groups is 2. The van der Waals surface area contributed by atoms with Gasteiger partial charge in [-0.3, -0.25) is 13.9 Å². The zero-order chi connectivity index (χ0) is 28.7. The molecule has 0 bridgehead atoms. The van der Waals surface area contributed by atoms with Gasteiger partial charge in [-0.25, -0.2) is 12.8 Å². The van der Waals surface area contributed by atoms with E-state index in [9.17, 15) is 22.4 Å². The number of anilines is 1. The van der Waals surface area contributed by atoms with E-state index in [1.54, 1.807) is 55.5 Å². The summed E-state index contributed by atoms with van der Waals surface area (Å²) in [6.07, 6.45) is 0.296. The molecule has 0 aliphatic rings. The lowest BCUT2D eigenvalue weighted by molar-refractivity contribution is -0.140. The standard InChI is InChI=1S/C29H33ClFN3O4S/c1-5-27(29(36)32-20(2)3)33(18-22-8-6-7-9-26(22)30)28(35)19-34(24-14-10-21(4)11-15-24)39(37,38)25-16-12-23(31)13-17-25/h6-17,20,27H,5,18-19H2,1-4H3,(H,32,36)/t27-/m0/s1. The number of amides is 2. The number of carbonyl (C=O) groups excluding carboxylic acids is 2. The Morgan fingerprint density at radius 2 is 1.59 bits per heavy atom. The van der Waals surface area contributed by atoms with Crippen LogP contribution in [0.25, 0.3) is 0 Å². The van der Waals surface area contributed by atoms with E-state index in [4.69, 9.17) is 11.6 Å². The molecule has 1 N–H and O–H groups in total. The lowest BCUT2D eigenvalue weighted by Crippen LogP contribution is -2.53. The van der Waals surface area contributed by atoms with Crippen LogP contribution < -0.4 is 9.62 Å². The SMILES string of the molecule is CC[C@@H](C(=O)NC(C)C)N(Cc1ccccc1Cl)C(=O)CN(c1ccc(C)cc1)S(=O)(=O)c1ccc(F)cc1. The maximum absolute atomic E-state index is 14.0. The highest BCUT2D eigenvalue weighted by Crippen LogP contribution is 2.26. The third kappa shape index (κ3) is 7.58. The smallest absolute Gasteiger partial charge is 0.264 e. The van der Waals surface area contributed by atoms with E-state index in [2.05, 4.69) is 5.32 Å². The molecule has 0 unspecified atom stereocenters. The molecular weight excluding hydrogens is 541 g/mol. The lowest BCUT2D eigenvalue weighted by atomic mass is 10.1. The van der Waals surface area contributed by atoms with Gasteiger partial charge in [-0.2, -0.15) is 0 Å². The normalized spacial score (nSPS) is 12.2. The quantitative estimate of drug-likeness (QED) is 0.337. The molecule has 0 aliphatic carbocycles. The van der Waals surface area contributed by atoms with Gasteiger partial charge in [-0.1, -0.05) is 54.4 Å².